The van der Waals surface area contributed by atoms with Crippen molar-refractivity contribution in [3.05, 3.63) is 30.7 Å². The van der Waals surface area contributed by atoms with Gasteiger partial charge in [0.15, 0.2) is 0 Å². The van der Waals surface area contributed by atoms with Gasteiger partial charge in [0.25, 0.3) is 0 Å². The van der Waals surface area contributed by atoms with E-state index < -0.39 is 11.8 Å². The van der Waals surface area contributed by atoms with E-state index in [0.717, 1.165) is 25.7 Å². The second kappa shape index (κ2) is 7.04. The third-order valence-electron chi connectivity index (χ3n) is 3.87. The molecule has 0 unspecified atom stereocenters. The zero-order valence-corrected chi connectivity index (χ0v) is 12.6. The molecular formula is C16H18N4O3. The molecule has 1 aromatic heterocycles. The van der Waals surface area contributed by atoms with Gasteiger partial charge in [-0.1, -0.05) is 25.3 Å². The van der Waals surface area contributed by atoms with Crippen LogP contribution in [0.1, 0.15) is 32.1 Å². The van der Waals surface area contributed by atoms with Crippen LogP contribution >= 0.6 is 0 Å². The fourth-order valence-corrected chi connectivity index (χ4v) is 2.71. The second-order valence-corrected chi connectivity index (χ2v) is 5.59. The fourth-order valence-electron chi connectivity index (χ4n) is 2.71. The summed E-state index contributed by atoms with van der Waals surface area (Å²) in [5, 5.41) is 12.8. The van der Waals surface area contributed by atoms with Crippen molar-refractivity contribution in [2.45, 2.75) is 38.1 Å². The van der Waals surface area contributed by atoms with E-state index in [1.54, 1.807) is 24.3 Å². The predicted molar refractivity (Wildman–Crippen MR) is 83.4 cm³/mol. The maximum absolute atomic E-state index is 12.0. The predicted octanol–water partition coefficient (Wildman–Crippen LogP) is 2.12. The zero-order chi connectivity index (χ0) is 16.1. The molecule has 7 heteroatoms. The van der Waals surface area contributed by atoms with Crippen molar-refractivity contribution in [1.29, 1.82) is 0 Å². The summed E-state index contributed by atoms with van der Waals surface area (Å²) in [5.74, 6) is -0.911. The molecule has 23 heavy (non-hydrogen) atoms. The monoisotopic (exact) mass is 314 g/mol. The normalized spacial score (nSPS) is 15.1. The SMILES string of the molecule is O=C(Nc1cccc(-c2nnco2)c1)C(=O)NC1CCCCC1. The summed E-state index contributed by atoms with van der Waals surface area (Å²) < 4.78 is 5.11. The van der Waals surface area contributed by atoms with Gasteiger partial charge in [0.1, 0.15) is 0 Å². The Morgan fingerprint density at radius 2 is 1.96 bits per heavy atom. The molecule has 0 spiro atoms. The molecule has 0 saturated heterocycles. The smallest absolute Gasteiger partial charge is 0.313 e. The average molecular weight is 314 g/mol. The topological polar surface area (TPSA) is 97.1 Å². The number of carbonyl (C=O) groups excluding carboxylic acids is 2. The minimum absolute atomic E-state index is 0.103. The number of aromatic nitrogens is 2. The number of amides is 2. The Morgan fingerprint density at radius 3 is 2.70 bits per heavy atom. The van der Waals surface area contributed by atoms with E-state index in [0.29, 0.717) is 17.1 Å². The van der Waals surface area contributed by atoms with E-state index in [1.165, 1.54) is 12.8 Å². The van der Waals surface area contributed by atoms with E-state index in [-0.39, 0.29) is 6.04 Å². The summed E-state index contributed by atoms with van der Waals surface area (Å²) in [4.78, 5) is 24.0. The summed E-state index contributed by atoms with van der Waals surface area (Å²) in [6.45, 7) is 0. The maximum Gasteiger partial charge on any atom is 0.313 e. The maximum atomic E-state index is 12.0. The van der Waals surface area contributed by atoms with Gasteiger partial charge < -0.3 is 15.1 Å². The summed E-state index contributed by atoms with van der Waals surface area (Å²) >= 11 is 0. The minimum atomic E-state index is -0.668. The standard InChI is InChI=1S/C16H18N4O3/c21-14(18-12-6-2-1-3-7-12)15(22)19-13-8-4-5-11(9-13)16-20-17-10-23-16/h4-5,8-10,12H,1-3,6-7H2,(H,18,21)(H,19,22). The molecule has 1 fully saturated rings. The van der Waals surface area contributed by atoms with Gasteiger partial charge in [-0.3, -0.25) is 9.59 Å². The summed E-state index contributed by atoms with van der Waals surface area (Å²) in [7, 11) is 0. The fraction of sp³-hybridized carbons (Fsp3) is 0.375. The largest absolute Gasteiger partial charge is 0.423 e. The van der Waals surface area contributed by atoms with Crippen LogP contribution in [0.25, 0.3) is 11.5 Å². The first-order valence-corrected chi connectivity index (χ1v) is 7.71. The van der Waals surface area contributed by atoms with Crippen LogP contribution in [0.4, 0.5) is 5.69 Å². The zero-order valence-electron chi connectivity index (χ0n) is 12.6. The Kier molecular flexibility index (Phi) is 4.65. The Morgan fingerprint density at radius 1 is 1.13 bits per heavy atom. The molecule has 0 atom stereocenters. The van der Waals surface area contributed by atoms with Crippen LogP contribution in [0.3, 0.4) is 0 Å². The van der Waals surface area contributed by atoms with Gasteiger partial charge in [-0.05, 0) is 31.0 Å². The van der Waals surface area contributed by atoms with E-state index in [2.05, 4.69) is 20.8 Å². The van der Waals surface area contributed by atoms with Crippen LogP contribution in [-0.4, -0.2) is 28.1 Å². The van der Waals surface area contributed by atoms with Crippen LogP contribution < -0.4 is 10.6 Å². The van der Waals surface area contributed by atoms with Crippen LogP contribution in [0.15, 0.2) is 35.1 Å². The number of benzene rings is 1. The Bertz CT molecular complexity index is 678. The highest BCUT2D eigenvalue weighted by molar-refractivity contribution is 6.39. The highest BCUT2D eigenvalue weighted by Gasteiger charge is 2.20. The average Bonchev–Trinajstić information content (AvgIpc) is 3.10. The van der Waals surface area contributed by atoms with Crippen LogP contribution in [0, 0.1) is 0 Å². The van der Waals surface area contributed by atoms with Crippen LogP contribution in [-0.2, 0) is 9.59 Å². The molecule has 7 nitrogen and oxygen atoms in total. The first kappa shape index (κ1) is 15.2. The van der Waals surface area contributed by atoms with Gasteiger partial charge in [0, 0.05) is 17.3 Å². The molecule has 120 valence electrons. The molecule has 1 heterocycles. The lowest BCUT2D eigenvalue weighted by Gasteiger charge is -2.22. The lowest BCUT2D eigenvalue weighted by Crippen LogP contribution is -2.42. The molecule has 0 bridgehead atoms. The Balaban J connectivity index is 1.61. The minimum Gasteiger partial charge on any atom is -0.423 e. The van der Waals surface area contributed by atoms with E-state index in [4.69, 9.17) is 4.42 Å². The number of nitrogens with one attached hydrogen (secondary N) is 2. The van der Waals surface area contributed by atoms with Crippen molar-refractivity contribution in [1.82, 2.24) is 15.5 Å². The highest BCUT2D eigenvalue weighted by atomic mass is 16.4. The molecule has 3 rings (SSSR count). The van der Waals surface area contributed by atoms with E-state index in [9.17, 15) is 9.59 Å². The van der Waals surface area contributed by atoms with Gasteiger partial charge in [-0.15, -0.1) is 10.2 Å². The van der Waals surface area contributed by atoms with E-state index >= 15 is 0 Å². The number of anilines is 1. The molecule has 2 aromatic rings. The number of hydrogen-bond acceptors (Lipinski definition) is 5. The molecule has 1 aromatic carbocycles. The van der Waals surface area contributed by atoms with Gasteiger partial charge in [0.2, 0.25) is 12.3 Å². The van der Waals surface area contributed by atoms with Crippen molar-refractivity contribution in [3.63, 3.8) is 0 Å². The van der Waals surface area contributed by atoms with Crippen LogP contribution in [0.2, 0.25) is 0 Å². The number of rotatable bonds is 3. The molecule has 1 aliphatic carbocycles. The number of hydrogen-bond donors (Lipinski definition) is 2. The molecular weight excluding hydrogens is 296 g/mol. The van der Waals surface area contributed by atoms with Crippen molar-refractivity contribution in [2.24, 2.45) is 0 Å². The lowest BCUT2D eigenvalue weighted by molar-refractivity contribution is -0.136. The second-order valence-electron chi connectivity index (χ2n) is 5.59. The van der Waals surface area contributed by atoms with Crippen molar-refractivity contribution < 1.29 is 14.0 Å². The lowest BCUT2D eigenvalue weighted by atomic mass is 9.95. The molecule has 0 aliphatic heterocycles. The van der Waals surface area contributed by atoms with Gasteiger partial charge >= 0.3 is 11.8 Å². The number of carbonyl (C=O) groups is 2. The molecule has 2 amide bonds. The third kappa shape index (κ3) is 3.94. The first-order chi connectivity index (χ1) is 11.2. The first-order valence-electron chi connectivity index (χ1n) is 7.71. The summed E-state index contributed by atoms with van der Waals surface area (Å²) in [6, 6.07) is 7.01. The molecule has 1 saturated carbocycles. The molecule has 2 N–H and O–H groups in total. The van der Waals surface area contributed by atoms with Crippen molar-refractivity contribution in [2.75, 3.05) is 5.32 Å². The summed E-state index contributed by atoms with van der Waals surface area (Å²) in [6.07, 6.45) is 6.49. The van der Waals surface area contributed by atoms with E-state index in [1.807, 2.05) is 0 Å². The Hall–Kier alpha value is -2.70. The van der Waals surface area contributed by atoms with Gasteiger partial charge in [0.05, 0.1) is 0 Å². The molecule has 0 radical (unpaired) electrons. The third-order valence-corrected chi connectivity index (χ3v) is 3.87. The Labute approximate surface area is 133 Å². The highest BCUT2D eigenvalue weighted by Crippen LogP contribution is 2.20. The number of nitrogens with zero attached hydrogens (tertiary/aromatic N) is 2. The quantitative estimate of drug-likeness (QED) is 0.846. The van der Waals surface area contributed by atoms with Crippen LogP contribution in [0.5, 0.6) is 0 Å². The summed E-state index contributed by atoms with van der Waals surface area (Å²) in [5.41, 5.74) is 1.18. The van der Waals surface area contributed by atoms with Crippen molar-refractivity contribution in [3.8, 4) is 11.5 Å². The van der Waals surface area contributed by atoms with Crippen molar-refractivity contribution >= 4 is 17.5 Å². The van der Waals surface area contributed by atoms with Gasteiger partial charge in [-0.2, -0.15) is 0 Å². The molecule has 1 aliphatic rings. The van der Waals surface area contributed by atoms with Gasteiger partial charge in [-0.25, -0.2) is 0 Å².